The molecule has 0 aliphatic carbocycles. The molecule has 0 spiro atoms. The van der Waals surface area contributed by atoms with Gasteiger partial charge in [0, 0.05) is 25.2 Å². The number of carbonyl (C=O) groups is 1. The molecule has 0 saturated carbocycles. The molecule has 0 unspecified atom stereocenters. The minimum Gasteiger partial charge on any atom is -0.340 e. The van der Waals surface area contributed by atoms with Crippen molar-refractivity contribution in [3.05, 3.63) is 59.7 Å². The molecule has 3 rings (SSSR count). The summed E-state index contributed by atoms with van der Waals surface area (Å²) in [6, 6.07) is 17.0. The first-order valence-corrected chi connectivity index (χ1v) is 9.23. The van der Waals surface area contributed by atoms with Crippen LogP contribution in [0.2, 0.25) is 0 Å². The predicted molar refractivity (Wildman–Crippen MR) is 104 cm³/mol. The highest BCUT2D eigenvalue weighted by atomic mass is 16.2. The molecule has 1 heterocycles. The number of amides is 1. The van der Waals surface area contributed by atoms with Crippen LogP contribution in [0.15, 0.2) is 48.5 Å². The molecular formula is C22H28N2O. The second kappa shape index (κ2) is 7.83. The Morgan fingerprint density at radius 2 is 1.88 bits per heavy atom. The van der Waals surface area contributed by atoms with Gasteiger partial charge in [-0.15, -0.1) is 0 Å². The molecule has 1 aliphatic rings. The molecule has 1 aliphatic heterocycles. The minimum absolute atomic E-state index is 0.105. The molecular weight excluding hydrogens is 308 g/mol. The lowest BCUT2D eigenvalue weighted by Gasteiger charge is -2.26. The maximum absolute atomic E-state index is 12.9. The van der Waals surface area contributed by atoms with Gasteiger partial charge < -0.3 is 9.80 Å². The van der Waals surface area contributed by atoms with Crippen LogP contribution in [0.1, 0.15) is 35.7 Å². The van der Waals surface area contributed by atoms with E-state index in [0.717, 1.165) is 30.6 Å². The molecule has 1 amide bonds. The molecule has 1 fully saturated rings. The van der Waals surface area contributed by atoms with Crippen LogP contribution in [0.4, 0.5) is 0 Å². The molecule has 132 valence electrons. The first-order valence-electron chi connectivity index (χ1n) is 9.23. The van der Waals surface area contributed by atoms with Crippen molar-refractivity contribution in [2.75, 3.05) is 27.2 Å². The number of carbonyl (C=O) groups excluding carboxylic acids is 1. The summed E-state index contributed by atoms with van der Waals surface area (Å²) >= 11 is 0. The van der Waals surface area contributed by atoms with E-state index in [1.165, 1.54) is 24.0 Å². The second-order valence-corrected chi connectivity index (χ2v) is 7.10. The first kappa shape index (κ1) is 17.7. The number of hydrogen-bond acceptors (Lipinski definition) is 2. The first-order chi connectivity index (χ1) is 12.1. The third-order valence-corrected chi connectivity index (χ3v) is 5.28. The van der Waals surface area contributed by atoms with Crippen LogP contribution in [-0.4, -0.2) is 48.9 Å². The van der Waals surface area contributed by atoms with Crippen LogP contribution in [0.25, 0.3) is 11.1 Å². The lowest BCUT2D eigenvalue weighted by atomic mass is 10.00. The average molecular weight is 336 g/mol. The number of hydrogen-bond donors (Lipinski definition) is 0. The van der Waals surface area contributed by atoms with Gasteiger partial charge in [0.2, 0.25) is 0 Å². The predicted octanol–water partition coefficient (Wildman–Crippen LogP) is 4.08. The number of likely N-dealkylation sites (N-methyl/N-ethyl adjacent to an activating group) is 2. The van der Waals surface area contributed by atoms with Gasteiger partial charge in [-0.2, -0.15) is 0 Å². The Kier molecular flexibility index (Phi) is 5.54. The second-order valence-electron chi connectivity index (χ2n) is 7.10. The topological polar surface area (TPSA) is 23.6 Å². The Morgan fingerprint density at radius 3 is 2.56 bits per heavy atom. The van der Waals surface area contributed by atoms with E-state index < -0.39 is 0 Å². The maximum Gasteiger partial charge on any atom is 0.253 e. The molecule has 2 aromatic rings. The van der Waals surface area contributed by atoms with Crippen molar-refractivity contribution in [3.8, 4) is 11.1 Å². The van der Waals surface area contributed by atoms with E-state index in [2.05, 4.69) is 49.2 Å². The van der Waals surface area contributed by atoms with Crippen molar-refractivity contribution in [3.63, 3.8) is 0 Å². The summed E-state index contributed by atoms with van der Waals surface area (Å²) in [4.78, 5) is 17.1. The number of rotatable bonds is 5. The van der Waals surface area contributed by atoms with E-state index in [-0.39, 0.29) is 5.91 Å². The van der Waals surface area contributed by atoms with Gasteiger partial charge in [0.15, 0.2) is 0 Å². The Morgan fingerprint density at radius 1 is 1.16 bits per heavy atom. The molecule has 3 nitrogen and oxygen atoms in total. The Hall–Kier alpha value is -2.13. The third-order valence-electron chi connectivity index (χ3n) is 5.28. The quantitative estimate of drug-likeness (QED) is 0.821. The summed E-state index contributed by atoms with van der Waals surface area (Å²) in [5, 5.41) is 0. The summed E-state index contributed by atoms with van der Waals surface area (Å²) in [6.45, 7) is 4.09. The van der Waals surface area contributed by atoms with E-state index in [0.29, 0.717) is 6.04 Å². The molecule has 25 heavy (non-hydrogen) atoms. The van der Waals surface area contributed by atoms with Gasteiger partial charge in [-0.25, -0.2) is 0 Å². The fraction of sp³-hybridized carbons (Fsp3) is 0.409. The molecule has 0 aromatic heterocycles. The molecule has 1 atom stereocenters. The van der Waals surface area contributed by atoms with Crippen LogP contribution < -0.4 is 0 Å². The Labute approximate surface area is 151 Å². The summed E-state index contributed by atoms with van der Waals surface area (Å²) in [5.41, 5.74) is 4.36. The van der Waals surface area contributed by atoms with Crippen LogP contribution in [0, 0.1) is 0 Å². The highest BCUT2D eigenvalue weighted by Crippen LogP contribution is 2.23. The molecule has 0 radical (unpaired) electrons. The maximum atomic E-state index is 12.9. The summed E-state index contributed by atoms with van der Waals surface area (Å²) < 4.78 is 0. The van der Waals surface area contributed by atoms with E-state index in [1.807, 2.05) is 30.1 Å². The van der Waals surface area contributed by atoms with Crippen LogP contribution in [0.3, 0.4) is 0 Å². The molecule has 0 N–H and O–H groups in total. The highest BCUT2D eigenvalue weighted by Gasteiger charge is 2.24. The van der Waals surface area contributed by atoms with E-state index >= 15 is 0 Å². The molecule has 3 heteroatoms. The van der Waals surface area contributed by atoms with Gasteiger partial charge in [-0.1, -0.05) is 43.3 Å². The van der Waals surface area contributed by atoms with Crippen molar-refractivity contribution < 1.29 is 4.79 Å². The largest absolute Gasteiger partial charge is 0.340 e. The SMILES string of the molecule is CCc1cccc(-c2cccc(C(=O)N(C)C[C@@H]3CCCN3C)c2)c1. The van der Waals surface area contributed by atoms with E-state index in [1.54, 1.807) is 0 Å². The zero-order valence-corrected chi connectivity index (χ0v) is 15.5. The summed E-state index contributed by atoms with van der Waals surface area (Å²) in [5.74, 6) is 0.105. The van der Waals surface area contributed by atoms with Gasteiger partial charge in [0.25, 0.3) is 5.91 Å². The van der Waals surface area contributed by atoms with Crippen LogP contribution in [-0.2, 0) is 6.42 Å². The molecule has 2 aromatic carbocycles. The van der Waals surface area contributed by atoms with Crippen LogP contribution in [0.5, 0.6) is 0 Å². The van der Waals surface area contributed by atoms with Gasteiger partial charge >= 0.3 is 0 Å². The average Bonchev–Trinajstić information content (AvgIpc) is 3.05. The third kappa shape index (κ3) is 4.10. The Bertz CT molecular complexity index is 740. The monoisotopic (exact) mass is 336 g/mol. The van der Waals surface area contributed by atoms with Gasteiger partial charge in [-0.05, 0) is 61.7 Å². The fourth-order valence-corrected chi connectivity index (χ4v) is 3.63. The number of nitrogens with zero attached hydrogens (tertiary/aromatic N) is 2. The standard InChI is InChI=1S/C22H28N2O/c1-4-17-8-5-9-18(14-17)19-10-6-11-20(15-19)22(25)24(3)16-21-12-7-13-23(21)2/h5-6,8-11,14-15,21H,4,7,12-13,16H2,1-3H3/t21-/m0/s1. The summed E-state index contributed by atoms with van der Waals surface area (Å²) in [6.07, 6.45) is 3.43. The zero-order valence-electron chi connectivity index (χ0n) is 15.5. The number of likely N-dealkylation sites (tertiary alicyclic amines) is 1. The number of benzene rings is 2. The minimum atomic E-state index is 0.105. The van der Waals surface area contributed by atoms with Crippen molar-refractivity contribution >= 4 is 5.91 Å². The van der Waals surface area contributed by atoms with Gasteiger partial charge in [-0.3, -0.25) is 4.79 Å². The van der Waals surface area contributed by atoms with Crippen LogP contribution >= 0.6 is 0 Å². The van der Waals surface area contributed by atoms with Gasteiger partial charge in [0.1, 0.15) is 0 Å². The van der Waals surface area contributed by atoms with Crippen molar-refractivity contribution in [1.82, 2.24) is 9.80 Å². The lowest BCUT2D eigenvalue weighted by molar-refractivity contribution is 0.0761. The number of aryl methyl sites for hydroxylation is 1. The van der Waals surface area contributed by atoms with Crippen molar-refractivity contribution in [2.45, 2.75) is 32.2 Å². The zero-order chi connectivity index (χ0) is 17.8. The molecule has 1 saturated heterocycles. The summed E-state index contributed by atoms with van der Waals surface area (Å²) in [7, 11) is 4.07. The Balaban J connectivity index is 1.77. The van der Waals surface area contributed by atoms with Crippen molar-refractivity contribution in [2.24, 2.45) is 0 Å². The van der Waals surface area contributed by atoms with E-state index in [9.17, 15) is 4.79 Å². The van der Waals surface area contributed by atoms with E-state index in [4.69, 9.17) is 0 Å². The highest BCUT2D eigenvalue weighted by molar-refractivity contribution is 5.95. The normalized spacial score (nSPS) is 17.6. The smallest absolute Gasteiger partial charge is 0.253 e. The lowest BCUT2D eigenvalue weighted by Crippen LogP contribution is -2.39. The molecule has 0 bridgehead atoms. The fourth-order valence-electron chi connectivity index (χ4n) is 3.63. The van der Waals surface area contributed by atoms with Crippen molar-refractivity contribution in [1.29, 1.82) is 0 Å². The van der Waals surface area contributed by atoms with Gasteiger partial charge in [0.05, 0.1) is 0 Å².